The molecule has 0 unspecified atom stereocenters. The Balaban J connectivity index is 1.55. The van der Waals surface area contributed by atoms with E-state index in [0.29, 0.717) is 32.8 Å². The first-order valence-corrected chi connectivity index (χ1v) is 10.3. The molecule has 0 aromatic heterocycles. The molecule has 154 valence electrons. The zero-order chi connectivity index (χ0) is 21.7. The molecule has 0 spiro atoms. The number of anilines is 1. The van der Waals surface area contributed by atoms with E-state index >= 15 is 0 Å². The van der Waals surface area contributed by atoms with Crippen molar-refractivity contribution in [2.45, 2.75) is 6.92 Å². The number of nitrogens with one attached hydrogen (secondary N) is 1. The van der Waals surface area contributed by atoms with Crippen LogP contribution in [0.2, 0.25) is 10.0 Å². The van der Waals surface area contributed by atoms with Crippen molar-refractivity contribution in [2.24, 2.45) is 0 Å². The standard InChI is InChI=1S/C22H16BrCl2NO4/c1-13-10-17(7-8-18(13)23)29-12-21(27)30-16-5-2-14(3-6-16)22(28)26-20-11-15(24)4-9-19(20)25/h2-11H,12H2,1H3,(H,26,28). The van der Waals surface area contributed by atoms with E-state index in [2.05, 4.69) is 21.2 Å². The third-order valence-electron chi connectivity index (χ3n) is 4.01. The number of benzene rings is 3. The number of hydrogen-bond acceptors (Lipinski definition) is 4. The van der Waals surface area contributed by atoms with E-state index in [0.717, 1.165) is 10.0 Å². The summed E-state index contributed by atoms with van der Waals surface area (Å²) in [6.45, 7) is 1.68. The van der Waals surface area contributed by atoms with Crippen molar-refractivity contribution in [3.8, 4) is 11.5 Å². The van der Waals surface area contributed by atoms with Crippen LogP contribution in [0.1, 0.15) is 15.9 Å². The molecule has 0 aliphatic carbocycles. The summed E-state index contributed by atoms with van der Waals surface area (Å²) in [7, 11) is 0. The third-order valence-corrected chi connectivity index (χ3v) is 5.47. The number of rotatable bonds is 6. The van der Waals surface area contributed by atoms with Crippen LogP contribution in [0.25, 0.3) is 0 Å². The zero-order valence-electron chi connectivity index (χ0n) is 15.7. The molecule has 0 atom stereocenters. The maximum atomic E-state index is 12.4. The van der Waals surface area contributed by atoms with Crippen LogP contribution in [0.3, 0.4) is 0 Å². The molecule has 1 N–H and O–H groups in total. The highest BCUT2D eigenvalue weighted by molar-refractivity contribution is 9.10. The predicted molar refractivity (Wildman–Crippen MR) is 121 cm³/mol. The number of halogens is 3. The summed E-state index contributed by atoms with van der Waals surface area (Å²) in [4.78, 5) is 24.4. The van der Waals surface area contributed by atoms with Gasteiger partial charge in [0, 0.05) is 15.1 Å². The molecule has 30 heavy (non-hydrogen) atoms. The summed E-state index contributed by atoms with van der Waals surface area (Å²) in [6.07, 6.45) is 0. The first-order chi connectivity index (χ1) is 14.3. The lowest BCUT2D eigenvalue weighted by Gasteiger charge is -2.09. The molecule has 0 heterocycles. The van der Waals surface area contributed by atoms with Gasteiger partial charge in [-0.15, -0.1) is 0 Å². The Kier molecular flexibility index (Phi) is 7.37. The molecule has 3 aromatic rings. The SMILES string of the molecule is Cc1cc(OCC(=O)Oc2ccc(C(=O)Nc3cc(Cl)ccc3Cl)cc2)ccc1Br. The molecular formula is C22H16BrCl2NO4. The average molecular weight is 509 g/mol. The summed E-state index contributed by atoms with van der Waals surface area (Å²) in [5, 5.41) is 3.52. The lowest BCUT2D eigenvalue weighted by molar-refractivity contribution is -0.136. The quantitative estimate of drug-likeness (QED) is 0.313. The minimum absolute atomic E-state index is 0.240. The number of carbonyl (C=O) groups is 2. The van der Waals surface area contributed by atoms with Gasteiger partial charge in [-0.05, 0) is 73.2 Å². The second-order valence-electron chi connectivity index (χ2n) is 6.28. The van der Waals surface area contributed by atoms with Crippen molar-refractivity contribution < 1.29 is 19.1 Å². The van der Waals surface area contributed by atoms with Crippen molar-refractivity contribution in [3.63, 3.8) is 0 Å². The predicted octanol–water partition coefficient (Wildman–Crippen LogP) is 6.30. The highest BCUT2D eigenvalue weighted by atomic mass is 79.9. The van der Waals surface area contributed by atoms with Gasteiger partial charge in [-0.25, -0.2) is 4.79 Å². The highest BCUT2D eigenvalue weighted by Gasteiger charge is 2.11. The van der Waals surface area contributed by atoms with Crippen molar-refractivity contribution in [1.29, 1.82) is 0 Å². The average Bonchev–Trinajstić information content (AvgIpc) is 2.72. The second-order valence-corrected chi connectivity index (χ2v) is 7.97. The fourth-order valence-electron chi connectivity index (χ4n) is 2.47. The smallest absolute Gasteiger partial charge is 0.349 e. The molecule has 3 rings (SSSR count). The van der Waals surface area contributed by atoms with E-state index in [1.165, 1.54) is 24.3 Å². The van der Waals surface area contributed by atoms with Crippen molar-refractivity contribution >= 4 is 56.7 Å². The van der Waals surface area contributed by atoms with Gasteiger partial charge in [-0.3, -0.25) is 4.79 Å². The topological polar surface area (TPSA) is 64.6 Å². The number of esters is 1. The third kappa shape index (κ3) is 5.98. The molecule has 0 aliphatic heterocycles. The minimum Gasteiger partial charge on any atom is -0.482 e. The van der Waals surface area contributed by atoms with Crippen molar-refractivity contribution in [3.05, 3.63) is 86.3 Å². The van der Waals surface area contributed by atoms with E-state index in [-0.39, 0.29) is 12.5 Å². The largest absolute Gasteiger partial charge is 0.482 e. The van der Waals surface area contributed by atoms with Gasteiger partial charge in [0.15, 0.2) is 6.61 Å². The molecule has 0 saturated heterocycles. The summed E-state index contributed by atoms with van der Waals surface area (Å²) in [5.41, 5.74) is 1.77. The van der Waals surface area contributed by atoms with E-state index in [1.807, 2.05) is 19.1 Å². The van der Waals surface area contributed by atoms with Gasteiger partial charge in [0.25, 0.3) is 5.91 Å². The van der Waals surface area contributed by atoms with Gasteiger partial charge < -0.3 is 14.8 Å². The summed E-state index contributed by atoms with van der Waals surface area (Å²) >= 11 is 15.4. The van der Waals surface area contributed by atoms with Crippen LogP contribution in [0.4, 0.5) is 5.69 Å². The van der Waals surface area contributed by atoms with Gasteiger partial charge >= 0.3 is 5.97 Å². The fourth-order valence-corrected chi connectivity index (χ4v) is 3.06. The molecule has 1 amide bonds. The Hall–Kier alpha value is -2.54. The van der Waals surface area contributed by atoms with Gasteiger partial charge in [-0.2, -0.15) is 0 Å². The van der Waals surface area contributed by atoms with E-state index < -0.39 is 5.97 Å². The lowest BCUT2D eigenvalue weighted by Crippen LogP contribution is -2.18. The lowest BCUT2D eigenvalue weighted by atomic mass is 10.2. The fraction of sp³-hybridized carbons (Fsp3) is 0.0909. The molecule has 5 nitrogen and oxygen atoms in total. The first kappa shape index (κ1) is 22.2. The molecule has 0 fully saturated rings. The van der Waals surface area contributed by atoms with Crippen molar-refractivity contribution in [1.82, 2.24) is 0 Å². The van der Waals surface area contributed by atoms with Crippen LogP contribution in [0.15, 0.2) is 65.1 Å². The van der Waals surface area contributed by atoms with Crippen LogP contribution in [-0.2, 0) is 4.79 Å². The minimum atomic E-state index is -0.557. The Labute approximate surface area is 192 Å². The number of ether oxygens (including phenoxy) is 2. The molecule has 8 heteroatoms. The van der Waals surface area contributed by atoms with Crippen LogP contribution < -0.4 is 14.8 Å². The normalized spacial score (nSPS) is 10.4. The van der Waals surface area contributed by atoms with Crippen LogP contribution in [0.5, 0.6) is 11.5 Å². The summed E-state index contributed by atoms with van der Waals surface area (Å²) < 4.78 is 11.6. The Morgan fingerprint density at radius 3 is 2.37 bits per heavy atom. The maximum absolute atomic E-state index is 12.4. The first-order valence-electron chi connectivity index (χ1n) is 8.78. The second kappa shape index (κ2) is 9.98. The zero-order valence-corrected chi connectivity index (χ0v) is 18.8. The summed E-state index contributed by atoms with van der Waals surface area (Å²) in [5.74, 6) is -0.0586. The molecular weight excluding hydrogens is 493 g/mol. The van der Waals surface area contributed by atoms with E-state index in [4.69, 9.17) is 32.7 Å². The number of aryl methyl sites for hydroxylation is 1. The number of hydrogen-bond donors (Lipinski definition) is 1. The Bertz CT molecular complexity index is 1090. The summed E-state index contributed by atoms with van der Waals surface area (Å²) in [6, 6.07) is 16.3. The Morgan fingerprint density at radius 2 is 1.67 bits per heavy atom. The van der Waals surface area contributed by atoms with Gasteiger partial charge in [-0.1, -0.05) is 39.1 Å². The van der Waals surface area contributed by atoms with Gasteiger partial charge in [0.1, 0.15) is 11.5 Å². The molecule has 0 aliphatic rings. The monoisotopic (exact) mass is 507 g/mol. The van der Waals surface area contributed by atoms with Crippen LogP contribution >= 0.6 is 39.1 Å². The molecule has 0 saturated carbocycles. The van der Waals surface area contributed by atoms with E-state index in [1.54, 1.807) is 24.3 Å². The van der Waals surface area contributed by atoms with Gasteiger partial charge in [0.2, 0.25) is 0 Å². The molecule has 0 bridgehead atoms. The highest BCUT2D eigenvalue weighted by Crippen LogP contribution is 2.26. The van der Waals surface area contributed by atoms with Crippen LogP contribution in [0, 0.1) is 6.92 Å². The van der Waals surface area contributed by atoms with Gasteiger partial charge in [0.05, 0.1) is 10.7 Å². The van der Waals surface area contributed by atoms with Crippen molar-refractivity contribution in [2.75, 3.05) is 11.9 Å². The number of carbonyl (C=O) groups excluding carboxylic acids is 2. The molecule has 3 aromatic carbocycles. The maximum Gasteiger partial charge on any atom is 0.349 e. The number of amides is 1. The van der Waals surface area contributed by atoms with E-state index in [9.17, 15) is 9.59 Å². The van der Waals surface area contributed by atoms with Crippen LogP contribution in [-0.4, -0.2) is 18.5 Å². The Morgan fingerprint density at radius 1 is 0.967 bits per heavy atom. The molecule has 0 radical (unpaired) electrons.